The van der Waals surface area contributed by atoms with Gasteiger partial charge >= 0.3 is 0 Å². The zero-order valence-corrected chi connectivity index (χ0v) is 5.95. The Morgan fingerprint density at radius 3 is 3.00 bits per heavy atom. The van der Waals surface area contributed by atoms with Gasteiger partial charge in [-0.2, -0.15) is 0 Å². The largest absolute Gasteiger partial charge is 0.377 e. The van der Waals surface area contributed by atoms with Crippen LogP contribution in [-0.2, 0) is 9.53 Å². The second kappa shape index (κ2) is 3.52. The van der Waals surface area contributed by atoms with Crippen molar-refractivity contribution in [1.29, 1.82) is 0 Å². The van der Waals surface area contributed by atoms with E-state index < -0.39 is 0 Å². The van der Waals surface area contributed by atoms with E-state index in [1.165, 1.54) is 0 Å². The highest BCUT2D eigenvalue weighted by molar-refractivity contribution is 5.58. The molecule has 1 fully saturated rings. The van der Waals surface area contributed by atoms with Gasteiger partial charge in [0.15, 0.2) is 0 Å². The van der Waals surface area contributed by atoms with Gasteiger partial charge in [0.1, 0.15) is 6.29 Å². The minimum Gasteiger partial charge on any atom is -0.377 e. The third-order valence-corrected chi connectivity index (χ3v) is 1.72. The van der Waals surface area contributed by atoms with Gasteiger partial charge in [-0.1, -0.05) is 6.08 Å². The second-order valence-electron chi connectivity index (χ2n) is 2.62. The fraction of sp³-hybridized carbons (Fsp3) is 0.625. The predicted molar refractivity (Wildman–Crippen MR) is 38.7 cm³/mol. The van der Waals surface area contributed by atoms with Crippen LogP contribution in [0.5, 0.6) is 0 Å². The maximum absolute atomic E-state index is 10.1. The van der Waals surface area contributed by atoms with Gasteiger partial charge in [0, 0.05) is 5.92 Å². The Kier molecular flexibility index (Phi) is 2.63. The molecule has 0 heterocycles. The number of aldehydes is 1. The highest BCUT2D eigenvalue weighted by Crippen LogP contribution is 2.36. The molecule has 2 heteroatoms. The highest BCUT2D eigenvalue weighted by Gasteiger charge is 2.36. The Hall–Kier alpha value is -0.630. The fourth-order valence-electron chi connectivity index (χ4n) is 0.932. The minimum atomic E-state index is 0.282. The average Bonchev–Trinajstić information content (AvgIpc) is 2.68. The Morgan fingerprint density at radius 2 is 2.50 bits per heavy atom. The lowest BCUT2D eigenvalue weighted by Crippen LogP contribution is -1.97. The molecule has 1 aliphatic carbocycles. The maximum atomic E-state index is 10.1. The Labute approximate surface area is 60.9 Å². The van der Waals surface area contributed by atoms with Gasteiger partial charge < -0.3 is 9.53 Å². The fourth-order valence-corrected chi connectivity index (χ4v) is 0.932. The lowest BCUT2D eigenvalue weighted by atomic mass is 10.3. The van der Waals surface area contributed by atoms with Crippen molar-refractivity contribution >= 4 is 6.29 Å². The molecule has 0 spiro atoms. The van der Waals surface area contributed by atoms with Gasteiger partial charge in [0.2, 0.25) is 0 Å². The number of hydrogen-bond acceptors (Lipinski definition) is 2. The van der Waals surface area contributed by atoms with Crippen LogP contribution >= 0.6 is 0 Å². The second-order valence-corrected chi connectivity index (χ2v) is 2.62. The summed E-state index contributed by atoms with van der Waals surface area (Å²) in [6, 6.07) is 0. The van der Waals surface area contributed by atoms with Crippen LogP contribution in [0.2, 0.25) is 0 Å². The summed E-state index contributed by atoms with van der Waals surface area (Å²) in [4.78, 5) is 10.1. The number of ether oxygens (including phenoxy) is 1. The summed E-state index contributed by atoms with van der Waals surface area (Å²) in [5.41, 5.74) is 0. The summed E-state index contributed by atoms with van der Waals surface area (Å²) in [6.07, 6.45) is 3.75. The lowest BCUT2D eigenvalue weighted by Gasteiger charge is -1.96. The molecule has 0 aromatic rings. The third kappa shape index (κ3) is 1.95. The smallest absolute Gasteiger partial charge is 0.123 e. The molecule has 1 saturated carbocycles. The molecular weight excluding hydrogens is 128 g/mol. The molecule has 0 aliphatic heterocycles. The Morgan fingerprint density at radius 1 is 1.70 bits per heavy atom. The van der Waals surface area contributed by atoms with Crippen molar-refractivity contribution in [3.63, 3.8) is 0 Å². The zero-order valence-electron chi connectivity index (χ0n) is 5.95. The molecule has 0 aromatic carbocycles. The molecule has 10 heavy (non-hydrogen) atoms. The Balaban J connectivity index is 1.96. The quantitative estimate of drug-likeness (QED) is 0.324. The van der Waals surface area contributed by atoms with Crippen LogP contribution < -0.4 is 0 Å². The summed E-state index contributed by atoms with van der Waals surface area (Å²) in [5.74, 6) is 0.780. The first-order chi connectivity index (χ1) is 4.88. The van der Waals surface area contributed by atoms with Crippen LogP contribution in [-0.4, -0.2) is 19.5 Å². The number of carbonyl (C=O) groups is 1. The predicted octanol–water partition coefficient (Wildman–Crippen LogP) is 1.02. The van der Waals surface area contributed by atoms with Crippen molar-refractivity contribution in [3.8, 4) is 0 Å². The van der Waals surface area contributed by atoms with Crippen molar-refractivity contribution in [1.82, 2.24) is 0 Å². The topological polar surface area (TPSA) is 26.3 Å². The van der Waals surface area contributed by atoms with Crippen LogP contribution in [0.4, 0.5) is 0 Å². The number of hydrogen-bond donors (Lipinski definition) is 0. The summed E-state index contributed by atoms with van der Waals surface area (Å²) in [7, 11) is 0. The molecule has 0 aromatic heterocycles. The monoisotopic (exact) mass is 140 g/mol. The Bertz CT molecular complexity index is 131. The van der Waals surface area contributed by atoms with E-state index in [0.717, 1.165) is 19.3 Å². The SMILES string of the molecule is C=CCOCC1CC1C=O. The van der Waals surface area contributed by atoms with Crippen molar-refractivity contribution in [3.05, 3.63) is 12.7 Å². The summed E-state index contributed by atoms with van der Waals surface area (Å²) in [6.45, 7) is 4.84. The van der Waals surface area contributed by atoms with Crippen LogP contribution in [0.15, 0.2) is 12.7 Å². The minimum absolute atomic E-state index is 0.282. The van der Waals surface area contributed by atoms with Crippen LogP contribution in [0.1, 0.15) is 6.42 Å². The van der Waals surface area contributed by atoms with Crippen LogP contribution in [0.3, 0.4) is 0 Å². The van der Waals surface area contributed by atoms with E-state index in [4.69, 9.17) is 4.74 Å². The van der Waals surface area contributed by atoms with E-state index in [-0.39, 0.29) is 5.92 Å². The van der Waals surface area contributed by atoms with Gasteiger partial charge in [-0.15, -0.1) is 6.58 Å². The summed E-state index contributed by atoms with van der Waals surface area (Å²) >= 11 is 0. The van der Waals surface area contributed by atoms with Crippen molar-refractivity contribution < 1.29 is 9.53 Å². The molecule has 56 valence electrons. The first kappa shape index (κ1) is 7.48. The molecule has 1 aliphatic rings. The number of carbonyl (C=O) groups excluding carboxylic acids is 1. The van der Waals surface area contributed by atoms with Gasteiger partial charge in [-0.25, -0.2) is 0 Å². The zero-order chi connectivity index (χ0) is 7.40. The summed E-state index contributed by atoms with van der Waals surface area (Å²) in [5, 5.41) is 0. The van der Waals surface area contributed by atoms with Gasteiger partial charge in [0.05, 0.1) is 13.2 Å². The first-order valence-corrected chi connectivity index (χ1v) is 3.52. The highest BCUT2D eigenvalue weighted by atomic mass is 16.5. The maximum Gasteiger partial charge on any atom is 0.123 e. The van der Waals surface area contributed by atoms with E-state index in [1.807, 2.05) is 0 Å². The molecule has 0 bridgehead atoms. The van der Waals surface area contributed by atoms with E-state index in [2.05, 4.69) is 6.58 Å². The molecule has 0 N–H and O–H groups in total. The average molecular weight is 140 g/mol. The molecule has 0 saturated heterocycles. The van der Waals surface area contributed by atoms with E-state index in [1.54, 1.807) is 6.08 Å². The summed E-state index contributed by atoms with van der Waals surface area (Å²) < 4.78 is 5.16. The van der Waals surface area contributed by atoms with Crippen molar-refractivity contribution in [2.75, 3.05) is 13.2 Å². The lowest BCUT2D eigenvalue weighted by molar-refractivity contribution is -0.109. The standard InChI is InChI=1S/C8H12O2/c1-2-3-10-6-8-4-7(8)5-9/h2,5,7-8H,1,3-4,6H2. The third-order valence-electron chi connectivity index (χ3n) is 1.72. The van der Waals surface area contributed by atoms with E-state index >= 15 is 0 Å². The molecular formula is C8H12O2. The molecule has 2 atom stereocenters. The number of rotatable bonds is 5. The van der Waals surface area contributed by atoms with Crippen LogP contribution in [0, 0.1) is 11.8 Å². The first-order valence-electron chi connectivity index (χ1n) is 3.52. The molecule has 0 radical (unpaired) electrons. The van der Waals surface area contributed by atoms with E-state index in [9.17, 15) is 4.79 Å². The van der Waals surface area contributed by atoms with Gasteiger partial charge in [-0.3, -0.25) is 0 Å². The molecule has 2 nitrogen and oxygen atoms in total. The normalized spacial score (nSPS) is 29.6. The molecule has 2 unspecified atom stereocenters. The van der Waals surface area contributed by atoms with Gasteiger partial charge in [0.25, 0.3) is 0 Å². The molecule has 1 rings (SSSR count). The van der Waals surface area contributed by atoms with Gasteiger partial charge in [-0.05, 0) is 12.3 Å². The van der Waals surface area contributed by atoms with Crippen molar-refractivity contribution in [2.24, 2.45) is 11.8 Å². The van der Waals surface area contributed by atoms with Crippen LogP contribution in [0.25, 0.3) is 0 Å². The van der Waals surface area contributed by atoms with Crippen molar-refractivity contribution in [2.45, 2.75) is 6.42 Å². The van der Waals surface area contributed by atoms with E-state index in [0.29, 0.717) is 12.5 Å². The molecule has 0 amide bonds.